The smallest absolute Gasteiger partial charge is 0.303 e. The standard InChI is InChI=1S/C25H29NO10S/c1-15-10-12-19(13-11-15)37(30,31)33-14-20-22(34-16(2)27)21(23(35-17(3)28)25(32-4)36-20)26-24(29)18-8-6-5-7-9-18/h5-13,20-23,25H,14H2,1-4H3,(H,26,29)/t20-,21+,22-,23+,25+/m0/s1. The van der Waals surface area contributed by atoms with Gasteiger partial charge in [0, 0.05) is 26.5 Å². The summed E-state index contributed by atoms with van der Waals surface area (Å²) in [5.74, 6) is -1.99. The van der Waals surface area contributed by atoms with Crippen molar-refractivity contribution in [2.45, 2.75) is 56.3 Å². The molecule has 3 rings (SSSR count). The Balaban J connectivity index is 1.93. The molecule has 0 saturated carbocycles. The molecule has 1 fully saturated rings. The normalized spacial score (nSPS) is 23.6. The first-order chi connectivity index (χ1) is 17.5. The average Bonchev–Trinajstić information content (AvgIpc) is 2.85. The van der Waals surface area contributed by atoms with E-state index in [1.807, 2.05) is 6.92 Å². The monoisotopic (exact) mass is 535 g/mol. The van der Waals surface area contributed by atoms with Crippen LogP contribution in [0.2, 0.25) is 0 Å². The summed E-state index contributed by atoms with van der Waals surface area (Å²) < 4.78 is 52.7. The third-order valence-electron chi connectivity index (χ3n) is 5.52. The number of carbonyl (C=O) groups is 3. The number of rotatable bonds is 9. The Labute approximate surface area is 215 Å². The average molecular weight is 536 g/mol. The lowest BCUT2D eigenvalue weighted by molar-refractivity contribution is -0.276. The number of methoxy groups -OCH3 is 1. The van der Waals surface area contributed by atoms with Crippen LogP contribution in [0.15, 0.2) is 59.5 Å². The van der Waals surface area contributed by atoms with Crippen LogP contribution in [-0.2, 0) is 42.8 Å². The van der Waals surface area contributed by atoms with Crippen molar-refractivity contribution < 1.29 is 45.9 Å². The number of hydrogen-bond acceptors (Lipinski definition) is 10. The van der Waals surface area contributed by atoms with Crippen LogP contribution in [-0.4, -0.2) is 70.6 Å². The highest BCUT2D eigenvalue weighted by molar-refractivity contribution is 7.86. The van der Waals surface area contributed by atoms with E-state index in [2.05, 4.69) is 5.32 Å². The lowest BCUT2D eigenvalue weighted by Gasteiger charge is -2.44. The first-order valence-corrected chi connectivity index (χ1v) is 12.8. The SMILES string of the molecule is CO[C@@H]1O[C@@H](COS(=O)(=O)c2ccc(C)cc2)[C@H](OC(C)=O)[C@@H](NC(=O)c2ccccc2)[C@H]1OC(C)=O. The topological polar surface area (TPSA) is 144 Å². The fraction of sp³-hybridized carbons (Fsp3) is 0.400. The molecule has 200 valence electrons. The van der Waals surface area contributed by atoms with Crippen LogP contribution in [0, 0.1) is 6.92 Å². The fourth-order valence-corrected chi connectivity index (χ4v) is 4.74. The number of carbonyl (C=O) groups excluding carboxylic acids is 3. The van der Waals surface area contributed by atoms with Gasteiger partial charge in [0.25, 0.3) is 16.0 Å². The van der Waals surface area contributed by atoms with E-state index in [0.29, 0.717) is 5.56 Å². The van der Waals surface area contributed by atoms with E-state index in [-0.39, 0.29) is 4.90 Å². The molecule has 1 heterocycles. The van der Waals surface area contributed by atoms with Crippen molar-refractivity contribution in [3.63, 3.8) is 0 Å². The molecule has 1 aliphatic rings. The zero-order valence-corrected chi connectivity index (χ0v) is 21.6. The van der Waals surface area contributed by atoms with Gasteiger partial charge in [-0.1, -0.05) is 35.9 Å². The Bertz CT molecular complexity index is 1200. The second-order valence-corrected chi connectivity index (χ2v) is 9.96. The van der Waals surface area contributed by atoms with Gasteiger partial charge in [0.15, 0.2) is 18.5 Å². The quantitative estimate of drug-likeness (QED) is 0.372. The number of benzene rings is 2. The van der Waals surface area contributed by atoms with Crippen LogP contribution in [0.1, 0.15) is 29.8 Å². The minimum Gasteiger partial charge on any atom is -0.457 e. The third-order valence-corrected chi connectivity index (χ3v) is 6.81. The van der Waals surface area contributed by atoms with Gasteiger partial charge in [-0.25, -0.2) is 0 Å². The third kappa shape index (κ3) is 7.35. The second kappa shape index (κ2) is 12.3. The van der Waals surface area contributed by atoms with E-state index in [1.54, 1.807) is 42.5 Å². The summed E-state index contributed by atoms with van der Waals surface area (Å²) in [7, 11) is -2.92. The molecular formula is C25H29NO10S. The van der Waals surface area contributed by atoms with Crippen LogP contribution in [0.4, 0.5) is 0 Å². The Morgan fingerprint density at radius 1 is 0.919 bits per heavy atom. The molecule has 0 spiro atoms. The Morgan fingerprint density at radius 2 is 1.51 bits per heavy atom. The maximum absolute atomic E-state index is 13.0. The number of amides is 1. The summed E-state index contributed by atoms with van der Waals surface area (Å²) in [5, 5.41) is 2.72. The fourth-order valence-electron chi connectivity index (χ4n) is 3.82. The minimum absolute atomic E-state index is 0.0760. The number of hydrogen-bond donors (Lipinski definition) is 1. The van der Waals surface area contributed by atoms with Crippen molar-refractivity contribution >= 4 is 28.0 Å². The van der Waals surface area contributed by atoms with Crippen molar-refractivity contribution in [1.29, 1.82) is 0 Å². The zero-order chi connectivity index (χ0) is 27.2. The molecule has 1 amide bonds. The van der Waals surface area contributed by atoms with E-state index in [9.17, 15) is 22.8 Å². The molecule has 0 bridgehead atoms. The van der Waals surface area contributed by atoms with E-state index in [4.69, 9.17) is 23.1 Å². The van der Waals surface area contributed by atoms with Crippen LogP contribution in [0.25, 0.3) is 0 Å². The van der Waals surface area contributed by atoms with E-state index < -0.39 is 65.2 Å². The van der Waals surface area contributed by atoms with Crippen molar-refractivity contribution in [2.75, 3.05) is 13.7 Å². The van der Waals surface area contributed by atoms with E-state index in [0.717, 1.165) is 19.4 Å². The van der Waals surface area contributed by atoms with Gasteiger partial charge in [-0.3, -0.25) is 18.6 Å². The summed E-state index contributed by atoms with van der Waals surface area (Å²) >= 11 is 0. The van der Waals surface area contributed by atoms with Crippen molar-refractivity contribution in [3.8, 4) is 0 Å². The predicted molar refractivity (Wildman–Crippen MR) is 129 cm³/mol. The van der Waals surface area contributed by atoms with Crippen molar-refractivity contribution in [2.24, 2.45) is 0 Å². The van der Waals surface area contributed by atoms with Gasteiger partial charge in [-0.2, -0.15) is 8.42 Å². The highest BCUT2D eigenvalue weighted by Gasteiger charge is 2.51. The van der Waals surface area contributed by atoms with E-state index in [1.165, 1.54) is 19.2 Å². The molecular weight excluding hydrogens is 506 g/mol. The summed E-state index contributed by atoms with van der Waals surface area (Å²) in [6.45, 7) is 3.52. The first-order valence-electron chi connectivity index (χ1n) is 11.4. The largest absolute Gasteiger partial charge is 0.457 e. The first kappa shape index (κ1) is 28.3. The summed E-state index contributed by atoms with van der Waals surface area (Å²) in [5.41, 5.74) is 1.15. The van der Waals surface area contributed by atoms with Gasteiger partial charge in [0.2, 0.25) is 0 Å². The molecule has 37 heavy (non-hydrogen) atoms. The molecule has 1 saturated heterocycles. The molecule has 0 radical (unpaired) electrons. The lowest BCUT2D eigenvalue weighted by Crippen LogP contribution is -2.67. The van der Waals surface area contributed by atoms with Gasteiger partial charge in [0.1, 0.15) is 12.1 Å². The predicted octanol–water partition coefficient (Wildman–Crippen LogP) is 1.73. The molecule has 2 aromatic carbocycles. The molecule has 1 N–H and O–H groups in total. The Kier molecular flexibility index (Phi) is 9.38. The lowest BCUT2D eigenvalue weighted by atomic mass is 9.95. The molecule has 11 nitrogen and oxygen atoms in total. The zero-order valence-electron chi connectivity index (χ0n) is 20.8. The molecule has 1 aliphatic heterocycles. The Hall–Kier alpha value is -3.32. The van der Waals surface area contributed by atoms with Crippen molar-refractivity contribution in [3.05, 3.63) is 65.7 Å². The van der Waals surface area contributed by atoms with Crippen molar-refractivity contribution in [1.82, 2.24) is 5.32 Å². The molecule has 2 aromatic rings. The molecule has 0 aromatic heterocycles. The van der Waals surface area contributed by atoms with Gasteiger partial charge in [0.05, 0.1) is 11.5 Å². The van der Waals surface area contributed by atoms with Crippen LogP contribution in [0.3, 0.4) is 0 Å². The summed E-state index contributed by atoms with van der Waals surface area (Å²) in [6.07, 6.45) is -4.99. The number of ether oxygens (including phenoxy) is 4. The van der Waals surface area contributed by atoms with E-state index >= 15 is 0 Å². The van der Waals surface area contributed by atoms with Crippen LogP contribution in [0.5, 0.6) is 0 Å². The van der Waals surface area contributed by atoms with Gasteiger partial charge < -0.3 is 24.3 Å². The van der Waals surface area contributed by atoms with Gasteiger partial charge >= 0.3 is 11.9 Å². The number of nitrogens with one attached hydrogen (secondary N) is 1. The number of aryl methyl sites for hydroxylation is 1. The van der Waals surface area contributed by atoms with Gasteiger partial charge in [-0.05, 0) is 31.2 Å². The molecule has 0 aliphatic carbocycles. The highest BCUT2D eigenvalue weighted by atomic mass is 32.2. The van der Waals surface area contributed by atoms with Crippen LogP contribution < -0.4 is 5.32 Å². The molecule has 12 heteroatoms. The number of esters is 2. The molecule has 0 unspecified atom stereocenters. The highest BCUT2D eigenvalue weighted by Crippen LogP contribution is 2.28. The Morgan fingerprint density at radius 3 is 2.08 bits per heavy atom. The molecule has 5 atom stereocenters. The summed E-state index contributed by atoms with van der Waals surface area (Å²) in [6, 6.07) is 13.1. The van der Waals surface area contributed by atoms with Crippen LogP contribution >= 0.6 is 0 Å². The minimum atomic E-state index is -4.20. The maximum atomic E-state index is 13.0. The summed E-state index contributed by atoms with van der Waals surface area (Å²) in [4.78, 5) is 36.8. The maximum Gasteiger partial charge on any atom is 0.303 e. The second-order valence-electron chi connectivity index (χ2n) is 8.34. The van der Waals surface area contributed by atoms with Gasteiger partial charge in [-0.15, -0.1) is 0 Å².